The highest BCUT2D eigenvalue weighted by Gasteiger charge is 2.41. The Morgan fingerprint density at radius 2 is 2.20 bits per heavy atom. The van der Waals surface area contributed by atoms with E-state index >= 15 is 0 Å². The van der Waals surface area contributed by atoms with Crippen molar-refractivity contribution < 1.29 is 19.4 Å². The second-order valence-corrected chi connectivity index (χ2v) is 5.69. The molecule has 1 fully saturated rings. The zero-order valence-electron chi connectivity index (χ0n) is 11.3. The molecular formula is C13H18N2O4S. The Morgan fingerprint density at radius 3 is 2.75 bits per heavy atom. The van der Waals surface area contributed by atoms with Crippen LogP contribution >= 0.6 is 11.3 Å². The molecule has 0 spiro atoms. The summed E-state index contributed by atoms with van der Waals surface area (Å²) in [6, 6.07) is 0. The Balaban J connectivity index is 1.95. The zero-order chi connectivity index (χ0) is 14.6. The first-order valence-electron chi connectivity index (χ1n) is 6.67. The van der Waals surface area contributed by atoms with E-state index in [2.05, 4.69) is 10.3 Å². The average molecular weight is 298 g/mol. The minimum atomic E-state index is -1.06. The molecule has 1 saturated carbocycles. The van der Waals surface area contributed by atoms with Crippen molar-refractivity contribution in [3.8, 4) is 0 Å². The normalized spacial score (nSPS) is 17.1. The molecule has 0 aromatic carbocycles. The van der Waals surface area contributed by atoms with Gasteiger partial charge in [0.05, 0.1) is 6.54 Å². The molecule has 7 heteroatoms. The summed E-state index contributed by atoms with van der Waals surface area (Å²) in [5.74, 6) is -1.18. The summed E-state index contributed by atoms with van der Waals surface area (Å²) in [5.41, 5.74) is -0.693. The van der Waals surface area contributed by atoms with Gasteiger partial charge in [0.1, 0.15) is 10.6 Å². The first-order valence-corrected chi connectivity index (χ1v) is 7.55. The van der Waals surface area contributed by atoms with Gasteiger partial charge in [0.25, 0.3) is 5.91 Å². The van der Waals surface area contributed by atoms with E-state index in [1.54, 1.807) is 0 Å². The number of nitrogens with zero attached hydrogens (tertiary/aromatic N) is 1. The van der Waals surface area contributed by atoms with Crippen LogP contribution in [0.2, 0.25) is 0 Å². The SMILES string of the molecule is CCOC1(C(=O)NCc2nc(C(=O)O)cs2)CCCC1. The second kappa shape index (κ2) is 6.32. The molecule has 110 valence electrons. The van der Waals surface area contributed by atoms with Crippen LogP contribution in [0.1, 0.15) is 48.1 Å². The Hall–Kier alpha value is -1.47. The van der Waals surface area contributed by atoms with Crippen LogP contribution < -0.4 is 5.32 Å². The lowest BCUT2D eigenvalue weighted by Crippen LogP contribution is -2.46. The minimum Gasteiger partial charge on any atom is -0.476 e. The fourth-order valence-corrected chi connectivity index (χ4v) is 3.17. The Kier molecular flexibility index (Phi) is 4.72. The lowest BCUT2D eigenvalue weighted by Gasteiger charge is -2.27. The average Bonchev–Trinajstić information content (AvgIpc) is 3.06. The quantitative estimate of drug-likeness (QED) is 0.836. The maximum atomic E-state index is 12.3. The number of amides is 1. The molecule has 1 aromatic rings. The number of carboxylic acid groups (broad SMARTS) is 1. The number of carbonyl (C=O) groups excluding carboxylic acids is 1. The van der Waals surface area contributed by atoms with Gasteiger partial charge in [-0.3, -0.25) is 4.79 Å². The number of hydrogen-bond acceptors (Lipinski definition) is 5. The van der Waals surface area contributed by atoms with E-state index in [9.17, 15) is 9.59 Å². The molecule has 0 atom stereocenters. The summed E-state index contributed by atoms with van der Waals surface area (Å²) in [6.07, 6.45) is 3.47. The number of aromatic carboxylic acids is 1. The monoisotopic (exact) mass is 298 g/mol. The highest BCUT2D eigenvalue weighted by Crippen LogP contribution is 2.33. The van der Waals surface area contributed by atoms with E-state index in [0.717, 1.165) is 25.7 Å². The molecule has 2 N–H and O–H groups in total. The summed E-state index contributed by atoms with van der Waals surface area (Å²) < 4.78 is 5.66. The number of carbonyl (C=O) groups is 2. The molecule has 1 heterocycles. The van der Waals surface area contributed by atoms with Gasteiger partial charge < -0.3 is 15.2 Å². The van der Waals surface area contributed by atoms with Gasteiger partial charge in [0.2, 0.25) is 0 Å². The van der Waals surface area contributed by atoms with Gasteiger partial charge in [-0.2, -0.15) is 0 Å². The maximum Gasteiger partial charge on any atom is 0.355 e. The molecule has 6 nitrogen and oxygen atoms in total. The van der Waals surface area contributed by atoms with E-state index in [4.69, 9.17) is 9.84 Å². The van der Waals surface area contributed by atoms with Gasteiger partial charge in [-0.25, -0.2) is 9.78 Å². The van der Waals surface area contributed by atoms with Crippen LogP contribution in [0.5, 0.6) is 0 Å². The third-order valence-electron chi connectivity index (χ3n) is 3.42. The van der Waals surface area contributed by atoms with Crippen molar-refractivity contribution in [2.24, 2.45) is 0 Å². The lowest BCUT2D eigenvalue weighted by molar-refractivity contribution is -0.146. The summed E-state index contributed by atoms with van der Waals surface area (Å²) in [6.45, 7) is 2.63. The second-order valence-electron chi connectivity index (χ2n) is 4.75. The van der Waals surface area contributed by atoms with Crippen LogP contribution in [0.25, 0.3) is 0 Å². The first-order chi connectivity index (χ1) is 9.57. The molecule has 1 aliphatic rings. The number of nitrogens with one attached hydrogen (secondary N) is 1. The third kappa shape index (κ3) is 3.16. The van der Waals surface area contributed by atoms with E-state index in [1.807, 2.05) is 6.92 Å². The van der Waals surface area contributed by atoms with E-state index < -0.39 is 11.6 Å². The maximum absolute atomic E-state index is 12.3. The summed E-state index contributed by atoms with van der Waals surface area (Å²) in [7, 11) is 0. The van der Waals surface area contributed by atoms with Crippen LogP contribution in [0, 0.1) is 0 Å². The molecule has 0 radical (unpaired) electrons. The molecule has 1 aliphatic carbocycles. The van der Waals surface area contributed by atoms with Crippen molar-refractivity contribution >= 4 is 23.2 Å². The molecule has 1 amide bonds. The molecule has 20 heavy (non-hydrogen) atoms. The third-order valence-corrected chi connectivity index (χ3v) is 4.27. The molecule has 0 aliphatic heterocycles. The smallest absolute Gasteiger partial charge is 0.355 e. The minimum absolute atomic E-state index is 0.0136. The van der Waals surface area contributed by atoms with Crippen molar-refractivity contribution in [2.75, 3.05) is 6.61 Å². The summed E-state index contributed by atoms with van der Waals surface area (Å²) >= 11 is 1.23. The van der Waals surface area contributed by atoms with Gasteiger partial charge in [-0.15, -0.1) is 11.3 Å². The van der Waals surface area contributed by atoms with Crippen molar-refractivity contribution in [2.45, 2.75) is 44.8 Å². The number of aromatic nitrogens is 1. The van der Waals surface area contributed by atoms with Crippen molar-refractivity contribution in [3.05, 3.63) is 16.1 Å². The number of rotatable bonds is 6. The predicted molar refractivity (Wildman–Crippen MR) is 73.7 cm³/mol. The molecule has 0 saturated heterocycles. The topological polar surface area (TPSA) is 88.5 Å². The van der Waals surface area contributed by atoms with Gasteiger partial charge in [0.15, 0.2) is 5.69 Å². The Labute approximate surface area is 121 Å². The molecular weight excluding hydrogens is 280 g/mol. The standard InChI is InChI=1S/C13H18N2O4S/c1-2-19-13(5-3-4-6-13)12(18)14-7-10-15-9(8-20-10)11(16)17/h8H,2-7H2,1H3,(H,14,18)(H,16,17). The fourth-order valence-electron chi connectivity index (χ4n) is 2.47. The van der Waals surface area contributed by atoms with Crippen LogP contribution in [0.15, 0.2) is 5.38 Å². The molecule has 2 rings (SSSR count). The fraction of sp³-hybridized carbons (Fsp3) is 0.615. The Bertz CT molecular complexity index is 494. The van der Waals surface area contributed by atoms with Crippen LogP contribution in [0.4, 0.5) is 0 Å². The first kappa shape index (κ1) is 14.9. The summed E-state index contributed by atoms with van der Waals surface area (Å²) in [4.78, 5) is 27.0. The number of thiazole rings is 1. The van der Waals surface area contributed by atoms with Crippen LogP contribution in [0.3, 0.4) is 0 Å². The van der Waals surface area contributed by atoms with E-state index in [1.165, 1.54) is 16.7 Å². The number of hydrogen-bond donors (Lipinski definition) is 2. The zero-order valence-corrected chi connectivity index (χ0v) is 12.2. The number of carboxylic acids is 1. The van der Waals surface area contributed by atoms with Gasteiger partial charge >= 0.3 is 5.97 Å². The predicted octanol–water partition coefficient (Wildman–Crippen LogP) is 1.81. The van der Waals surface area contributed by atoms with E-state index in [0.29, 0.717) is 11.6 Å². The van der Waals surface area contributed by atoms with Crippen molar-refractivity contribution in [1.82, 2.24) is 10.3 Å². The van der Waals surface area contributed by atoms with Gasteiger partial charge in [-0.05, 0) is 32.6 Å². The van der Waals surface area contributed by atoms with Crippen LogP contribution in [-0.4, -0.2) is 34.2 Å². The van der Waals surface area contributed by atoms with Gasteiger partial charge in [0, 0.05) is 12.0 Å². The van der Waals surface area contributed by atoms with Crippen LogP contribution in [-0.2, 0) is 16.1 Å². The largest absolute Gasteiger partial charge is 0.476 e. The number of ether oxygens (including phenoxy) is 1. The molecule has 0 bridgehead atoms. The van der Waals surface area contributed by atoms with Crippen molar-refractivity contribution in [1.29, 1.82) is 0 Å². The van der Waals surface area contributed by atoms with E-state index in [-0.39, 0.29) is 18.1 Å². The Morgan fingerprint density at radius 1 is 1.50 bits per heavy atom. The highest BCUT2D eigenvalue weighted by molar-refractivity contribution is 7.09. The van der Waals surface area contributed by atoms with Crippen molar-refractivity contribution in [3.63, 3.8) is 0 Å². The summed E-state index contributed by atoms with van der Waals surface area (Å²) in [5, 5.41) is 13.7. The van der Waals surface area contributed by atoms with Gasteiger partial charge in [-0.1, -0.05) is 0 Å². The lowest BCUT2D eigenvalue weighted by atomic mass is 10.0. The molecule has 1 aromatic heterocycles. The molecule has 0 unspecified atom stereocenters. The highest BCUT2D eigenvalue weighted by atomic mass is 32.1.